The molecule has 1 heterocycles. The van der Waals surface area contributed by atoms with Crippen LogP contribution in [-0.4, -0.2) is 43.5 Å². The van der Waals surface area contributed by atoms with Gasteiger partial charge in [0.15, 0.2) is 0 Å². The number of nitrogens with zero attached hydrogens (tertiary/aromatic N) is 1. The Morgan fingerprint density at radius 2 is 1.94 bits per heavy atom. The molecule has 0 aromatic rings. The summed E-state index contributed by atoms with van der Waals surface area (Å²) in [6.45, 7) is 0.293. The monoisotopic (exact) mass is 272 g/mol. The van der Waals surface area contributed by atoms with Gasteiger partial charge in [-0.1, -0.05) is 31.4 Å². The summed E-state index contributed by atoms with van der Waals surface area (Å²) in [6, 6.07) is -0.455. The Kier molecular flexibility index (Phi) is 4.07. The molecule has 0 unspecified atom stereocenters. The van der Waals surface area contributed by atoms with E-state index in [1.807, 2.05) is 0 Å². The molecule has 2 rings (SSSR count). The SMILES string of the molecule is CS(=O)(=O)N1CC=C[C@@H]1C(=O)NC1CCCCC1. The van der Waals surface area contributed by atoms with Crippen LogP contribution < -0.4 is 5.32 Å². The number of carbonyl (C=O) groups is 1. The first-order chi connectivity index (χ1) is 8.48. The molecular weight excluding hydrogens is 252 g/mol. The fraction of sp³-hybridized carbons (Fsp3) is 0.750. The standard InChI is InChI=1S/C12H20N2O3S/c1-18(16,17)14-9-5-8-11(14)12(15)13-10-6-3-2-4-7-10/h5,8,10-11H,2-4,6-7,9H2,1H3,(H,13,15)/t11-/m1/s1. The molecule has 0 aromatic carbocycles. The zero-order valence-electron chi connectivity index (χ0n) is 10.6. The van der Waals surface area contributed by atoms with Gasteiger partial charge in [-0.25, -0.2) is 8.42 Å². The van der Waals surface area contributed by atoms with Gasteiger partial charge in [-0.05, 0) is 12.8 Å². The van der Waals surface area contributed by atoms with E-state index >= 15 is 0 Å². The van der Waals surface area contributed by atoms with Gasteiger partial charge < -0.3 is 5.32 Å². The third-order valence-corrected chi connectivity index (χ3v) is 4.79. The van der Waals surface area contributed by atoms with Crippen LogP contribution in [0.25, 0.3) is 0 Å². The van der Waals surface area contributed by atoms with Crippen molar-refractivity contribution in [1.82, 2.24) is 9.62 Å². The van der Waals surface area contributed by atoms with Gasteiger partial charge in [0.1, 0.15) is 6.04 Å². The average Bonchev–Trinajstić information content (AvgIpc) is 2.79. The van der Waals surface area contributed by atoms with Crippen LogP contribution in [0.4, 0.5) is 0 Å². The Bertz CT molecular complexity index is 438. The molecule has 6 heteroatoms. The van der Waals surface area contributed by atoms with Gasteiger partial charge in [0, 0.05) is 12.6 Å². The van der Waals surface area contributed by atoms with Crippen molar-refractivity contribution < 1.29 is 13.2 Å². The smallest absolute Gasteiger partial charge is 0.242 e. The second-order valence-corrected chi connectivity index (χ2v) is 6.98. The summed E-state index contributed by atoms with van der Waals surface area (Å²) < 4.78 is 24.3. The fourth-order valence-electron chi connectivity index (χ4n) is 2.60. The predicted molar refractivity (Wildman–Crippen MR) is 69.5 cm³/mol. The minimum absolute atomic E-state index is 0.193. The first-order valence-electron chi connectivity index (χ1n) is 6.42. The Labute approximate surface area is 108 Å². The van der Waals surface area contributed by atoms with E-state index in [1.54, 1.807) is 12.2 Å². The van der Waals surface area contributed by atoms with Gasteiger partial charge in [0.25, 0.3) is 0 Å². The number of nitrogens with one attached hydrogen (secondary N) is 1. The second-order valence-electron chi connectivity index (χ2n) is 5.05. The molecule has 1 aliphatic heterocycles. The molecule has 0 radical (unpaired) electrons. The Hall–Kier alpha value is -0.880. The first-order valence-corrected chi connectivity index (χ1v) is 8.27. The first kappa shape index (κ1) is 13.5. The number of hydrogen-bond acceptors (Lipinski definition) is 3. The zero-order chi connectivity index (χ0) is 13.2. The second kappa shape index (κ2) is 5.40. The van der Waals surface area contributed by atoms with Crippen LogP contribution in [0.15, 0.2) is 12.2 Å². The summed E-state index contributed by atoms with van der Waals surface area (Å²) in [5.41, 5.74) is 0. The summed E-state index contributed by atoms with van der Waals surface area (Å²) >= 11 is 0. The summed E-state index contributed by atoms with van der Waals surface area (Å²) in [4.78, 5) is 12.1. The van der Waals surface area contributed by atoms with Gasteiger partial charge in [0.2, 0.25) is 15.9 Å². The normalized spacial score (nSPS) is 26.4. The molecule has 2 aliphatic rings. The van der Waals surface area contributed by atoms with E-state index in [4.69, 9.17) is 0 Å². The molecule has 102 valence electrons. The summed E-state index contributed by atoms with van der Waals surface area (Å²) in [6.07, 6.45) is 10.0. The van der Waals surface area contributed by atoms with Crippen LogP contribution in [0.2, 0.25) is 0 Å². The topological polar surface area (TPSA) is 66.5 Å². The highest BCUT2D eigenvalue weighted by atomic mass is 32.2. The maximum Gasteiger partial charge on any atom is 0.242 e. The van der Waals surface area contributed by atoms with E-state index in [-0.39, 0.29) is 11.9 Å². The maximum atomic E-state index is 12.1. The van der Waals surface area contributed by atoms with Crippen molar-refractivity contribution in [2.45, 2.75) is 44.2 Å². The van der Waals surface area contributed by atoms with Crippen molar-refractivity contribution in [1.29, 1.82) is 0 Å². The average molecular weight is 272 g/mol. The molecule has 1 N–H and O–H groups in total. The molecule has 1 atom stereocenters. The largest absolute Gasteiger partial charge is 0.352 e. The predicted octanol–water partition coefficient (Wildman–Crippen LogP) is 0.635. The molecule has 1 amide bonds. The van der Waals surface area contributed by atoms with Crippen LogP contribution in [-0.2, 0) is 14.8 Å². The highest BCUT2D eigenvalue weighted by Crippen LogP contribution is 2.19. The molecule has 0 aromatic heterocycles. The Morgan fingerprint density at radius 1 is 1.28 bits per heavy atom. The quantitative estimate of drug-likeness (QED) is 0.767. The number of hydrogen-bond donors (Lipinski definition) is 1. The van der Waals surface area contributed by atoms with Gasteiger partial charge in [0.05, 0.1) is 6.26 Å². The van der Waals surface area contributed by atoms with Crippen molar-refractivity contribution in [2.24, 2.45) is 0 Å². The van der Waals surface area contributed by atoms with Crippen LogP contribution in [0.1, 0.15) is 32.1 Å². The minimum Gasteiger partial charge on any atom is -0.352 e. The number of rotatable bonds is 3. The van der Waals surface area contributed by atoms with E-state index < -0.39 is 16.1 Å². The highest BCUT2D eigenvalue weighted by molar-refractivity contribution is 7.88. The highest BCUT2D eigenvalue weighted by Gasteiger charge is 2.33. The van der Waals surface area contributed by atoms with Crippen LogP contribution in [0, 0.1) is 0 Å². The van der Waals surface area contributed by atoms with E-state index in [2.05, 4.69) is 5.32 Å². The van der Waals surface area contributed by atoms with E-state index in [0.29, 0.717) is 6.54 Å². The number of sulfonamides is 1. The zero-order valence-corrected chi connectivity index (χ0v) is 11.4. The number of carbonyl (C=O) groups excluding carboxylic acids is 1. The molecule has 18 heavy (non-hydrogen) atoms. The van der Waals surface area contributed by atoms with Crippen LogP contribution in [0.3, 0.4) is 0 Å². The maximum absolute atomic E-state index is 12.1. The van der Waals surface area contributed by atoms with Gasteiger partial charge in [-0.3, -0.25) is 4.79 Å². The number of amides is 1. The van der Waals surface area contributed by atoms with Crippen LogP contribution in [0.5, 0.6) is 0 Å². The summed E-state index contributed by atoms with van der Waals surface area (Å²) in [7, 11) is -3.33. The lowest BCUT2D eigenvalue weighted by atomic mass is 9.95. The molecule has 0 bridgehead atoms. The van der Waals surface area contributed by atoms with Crippen molar-refractivity contribution in [3.8, 4) is 0 Å². The molecule has 1 fully saturated rings. The third-order valence-electron chi connectivity index (χ3n) is 3.56. The van der Waals surface area contributed by atoms with Crippen molar-refractivity contribution >= 4 is 15.9 Å². The van der Waals surface area contributed by atoms with Gasteiger partial charge in [-0.15, -0.1) is 0 Å². The van der Waals surface area contributed by atoms with Gasteiger partial charge in [-0.2, -0.15) is 4.31 Å². The Morgan fingerprint density at radius 3 is 2.56 bits per heavy atom. The molecule has 1 aliphatic carbocycles. The summed E-state index contributed by atoms with van der Waals surface area (Å²) in [5.74, 6) is -0.193. The molecule has 0 spiro atoms. The lowest BCUT2D eigenvalue weighted by Crippen LogP contribution is -2.49. The van der Waals surface area contributed by atoms with E-state index in [9.17, 15) is 13.2 Å². The lowest BCUT2D eigenvalue weighted by molar-refractivity contribution is -0.124. The minimum atomic E-state index is -3.33. The van der Waals surface area contributed by atoms with Crippen LogP contribution >= 0.6 is 0 Å². The lowest BCUT2D eigenvalue weighted by Gasteiger charge is -2.26. The summed E-state index contributed by atoms with van der Waals surface area (Å²) in [5, 5.41) is 2.97. The van der Waals surface area contributed by atoms with Crippen molar-refractivity contribution in [3.05, 3.63) is 12.2 Å². The van der Waals surface area contributed by atoms with Gasteiger partial charge >= 0.3 is 0 Å². The van der Waals surface area contributed by atoms with Crippen molar-refractivity contribution in [2.75, 3.05) is 12.8 Å². The Balaban J connectivity index is 1.97. The van der Waals surface area contributed by atoms with E-state index in [1.165, 1.54) is 10.7 Å². The third kappa shape index (κ3) is 3.11. The molecule has 5 nitrogen and oxygen atoms in total. The van der Waals surface area contributed by atoms with Crippen molar-refractivity contribution in [3.63, 3.8) is 0 Å². The molecule has 0 saturated heterocycles. The fourth-order valence-corrected chi connectivity index (χ4v) is 3.53. The molecule has 1 saturated carbocycles. The molecular formula is C12H20N2O3S. The van der Waals surface area contributed by atoms with E-state index in [0.717, 1.165) is 31.9 Å².